The van der Waals surface area contributed by atoms with E-state index in [9.17, 15) is 9.90 Å². The molecule has 122 valence electrons. The van der Waals surface area contributed by atoms with Crippen molar-refractivity contribution in [2.75, 3.05) is 20.3 Å². The molecule has 1 aliphatic rings. The van der Waals surface area contributed by atoms with Gasteiger partial charge in [-0.15, -0.1) is 0 Å². The minimum atomic E-state index is -0.180. The van der Waals surface area contributed by atoms with Crippen molar-refractivity contribution < 1.29 is 14.6 Å². The fourth-order valence-corrected chi connectivity index (χ4v) is 3.02. The predicted octanol–water partition coefficient (Wildman–Crippen LogP) is 1.40. The highest BCUT2D eigenvalue weighted by Crippen LogP contribution is 2.22. The van der Waals surface area contributed by atoms with Gasteiger partial charge < -0.3 is 14.7 Å². The zero-order chi connectivity index (χ0) is 16.4. The molecule has 0 unspecified atom stereocenters. The van der Waals surface area contributed by atoms with Crippen molar-refractivity contribution in [2.45, 2.75) is 25.5 Å². The van der Waals surface area contributed by atoms with Crippen LogP contribution < -0.4 is 0 Å². The van der Waals surface area contributed by atoms with E-state index in [0.717, 1.165) is 11.4 Å². The molecule has 2 heterocycles. The molecule has 0 spiro atoms. The van der Waals surface area contributed by atoms with E-state index in [-0.39, 0.29) is 24.7 Å². The first-order chi connectivity index (χ1) is 11.1. The largest absolute Gasteiger partial charge is 0.394 e. The number of methoxy groups -OCH3 is 1. The van der Waals surface area contributed by atoms with Crippen LogP contribution in [-0.2, 0) is 4.74 Å². The third-order valence-electron chi connectivity index (χ3n) is 4.37. The average molecular weight is 315 g/mol. The SMILES string of the molecule is CO[C@@H]1C[C@@H](CO)N(C(=O)c2ccc(-n3nccc3C)cc2)C1. The van der Waals surface area contributed by atoms with Gasteiger partial charge in [-0.2, -0.15) is 5.10 Å². The molecule has 1 aliphatic heterocycles. The second-order valence-electron chi connectivity index (χ2n) is 5.82. The van der Waals surface area contributed by atoms with Crippen LogP contribution in [0.5, 0.6) is 0 Å². The van der Waals surface area contributed by atoms with E-state index in [4.69, 9.17) is 4.74 Å². The Hall–Kier alpha value is -2.18. The Balaban J connectivity index is 1.79. The number of nitrogens with zero attached hydrogens (tertiary/aromatic N) is 3. The first kappa shape index (κ1) is 15.7. The monoisotopic (exact) mass is 315 g/mol. The van der Waals surface area contributed by atoms with Crippen LogP contribution in [-0.4, -0.2) is 58.1 Å². The Morgan fingerprint density at radius 3 is 2.65 bits per heavy atom. The lowest BCUT2D eigenvalue weighted by Crippen LogP contribution is -2.38. The van der Waals surface area contributed by atoms with E-state index >= 15 is 0 Å². The number of aliphatic hydroxyl groups excluding tert-OH is 1. The summed E-state index contributed by atoms with van der Waals surface area (Å²) in [4.78, 5) is 14.4. The summed E-state index contributed by atoms with van der Waals surface area (Å²) in [6, 6.07) is 9.11. The maximum atomic E-state index is 12.7. The number of aryl methyl sites for hydroxylation is 1. The van der Waals surface area contributed by atoms with Gasteiger partial charge in [0, 0.05) is 31.1 Å². The van der Waals surface area contributed by atoms with Crippen LogP contribution in [0.3, 0.4) is 0 Å². The van der Waals surface area contributed by atoms with Crippen LogP contribution in [0.15, 0.2) is 36.5 Å². The summed E-state index contributed by atoms with van der Waals surface area (Å²) in [6.07, 6.45) is 2.40. The summed E-state index contributed by atoms with van der Waals surface area (Å²) < 4.78 is 7.15. The maximum Gasteiger partial charge on any atom is 0.254 e. The highest BCUT2D eigenvalue weighted by molar-refractivity contribution is 5.94. The molecule has 3 rings (SSSR count). The van der Waals surface area contributed by atoms with Crippen molar-refractivity contribution >= 4 is 5.91 Å². The summed E-state index contributed by atoms with van der Waals surface area (Å²) in [5.74, 6) is -0.0765. The molecule has 0 aliphatic carbocycles. The normalized spacial score (nSPS) is 20.9. The number of ether oxygens (including phenoxy) is 1. The number of amides is 1. The molecule has 2 atom stereocenters. The van der Waals surface area contributed by atoms with Crippen molar-refractivity contribution in [3.63, 3.8) is 0 Å². The fourth-order valence-electron chi connectivity index (χ4n) is 3.02. The van der Waals surface area contributed by atoms with Crippen molar-refractivity contribution in [3.8, 4) is 5.69 Å². The summed E-state index contributed by atoms with van der Waals surface area (Å²) >= 11 is 0. The summed E-state index contributed by atoms with van der Waals surface area (Å²) in [7, 11) is 1.63. The van der Waals surface area contributed by atoms with Gasteiger partial charge in [0.1, 0.15) is 0 Å². The molecule has 0 radical (unpaired) electrons. The molecule has 2 aromatic rings. The van der Waals surface area contributed by atoms with Gasteiger partial charge in [0.25, 0.3) is 5.91 Å². The van der Waals surface area contributed by atoms with E-state index in [1.54, 1.807) is 30.3 Å². The Kier molecular flexibility index (Phi) is 4.45. The van der Waals surface area contributed by atoms with E-state index in [1.165, 1.54) is 0 Å². The zero-order valence-electron chi connectivity index (χ0n) is 13.3. The molecular formula is C17H21N3O3. The van der Waals surface area contributed by atoms with Crippen LogP contribution in [0, 0.1) is 6.92 Å². The number of rotatable bonds is 4. The summed E-state index contributed by atoms with van der Waals surface area (Å²) in [6.45, 7) is 2.45. The van der Waals surface area contributed by atoms with Gasteiger partial charge >= 0.3 is 0 Å². The molecule has 1 saturated heterocycles. The first-order valence-corrected chi connectivity index (χ1v) is 7.69. The fraction of sp³-hybridized carbons (Fsp3) is 0.412. The number of carbonyl (C=O) groups excluding carboxylic acids is 1. The third kappa shape index (κ3) is 3.00. The quantitative estimate of drug-likeness (QED) is 0.926. The van der Waals surface area contributed by atoms with Gasteiger partial charge in [-0.3, -0.25) is 4.79 Å². The number of benzene rings is 1. The van der Waals surface area contributed by atoms with E-state index in [2.05, 4.69) is 5.10 Å². The molecule has 23 heavy (non-hydrogen) atoms. The van der Waals surface area contributed by atoms with Crippen LogP contribution >= 0.6 is 0 Å². The van der Waals surface area contributed by atoms with E-state index in [1.807, 2.05) is 29.8 Å². The molecule has 6 heteroatoms. The van der Waals surface area contributed by atoms with E-state index in [0.29, 0.717) is 18.5 Å². The smallest absolute Gasteiger partial charge is 0.254 e. The lowest BCUT2D eigenvalue weighted by atomic mass is 10.1. The van der Waals surface area contributed by atoms with Crippen molar-refractivity contribution in [2.24, 2.45) is 0 Å². The number of aliphatic hydroxyl groups is 1. The van der Waals surface area contributed by atoms with Gasteiger partial charge in [0.2, 0.25) is 0 Å². The molecule has 1 N–H and O–H groups in total. The number of aromatic nitrogens is 2. The average Bonchev–Trinajstić information content (AvgIpc) is 3.20. The van der Waals surface area contributed by atoms with Crippen LogP contribution in [0.4, 0.5) is 0 Å². The van der Waals surface area contributed by atoms with Crippen molar-refractivity contribution in [3.05, 3.63) is 47.8 Å². The van der Waals surface area contributed by atoms with Gasteiger partial charge in [0.05, 0.1) is 24.4 Å². The number of hydrogen-bond donors (Lipinski definition) is 1. The molecule has 1 aromatic carbocycles. The summed E-state index contributed by atoms with van der Waals surface area (Å²) in [5.41, 5.74) is 2.56. The molecule has 0 bridgehead atoms. The van der Waals surface area contributed by atoms with Gasteiger partial charge in [0.15, 0.2) is 0 Å². The highest BCUT2D eigenvalue weighted by Gasteiger charge is 2.35. The molecule has 1 amide bonds. The second-order valence-corrected chi connectivity index (χ2v) is 5.82. The summed E-state index contributed by atoms with van der Waals surface area (Å²) in [5, 5.41) is 13.7. The van der Waals surface area contributed by atoms with Crippen molar-refractivity contribution in [1.82, 2.24) is 14.7 Å². The molecule has 0 saturated carbocycles. The number of likely N-dealkylation sites (tertiary alicyclic amines) is 1. The Morgan fingerprint density at radius 2 is 2.09 bits per heavy atom. The van der Waals surface area contributed by atoms with Crippen LogP contribution in [0.25, 0.3) is 5.69 Å². The van der Waals surface area contributed by atoms with Crippen LogP contribution in [0.2, 0.25) is 0 Å². The Labute approximate surface area is 135 Å². The van der Waals surface area contributed by atoms with Gasteiger partial charge in [-0.1, -0.05) is 0 Å². The first-order valence-electron chi connectivity index (χ1n) is 7.69. The third-order valence-corrected chi connectivity index (χ3v) is 4.37. The lowest BCUT2D eigenvalue weighted by molar-refractivity contribution is 0.0648. The van der Waals surface area contributed by atoms with Crippen LogP contribution in [0.1, 0.15) is 22.5 Å². The minimum Gasteiger partial charge on any atom is -0.394 e. The number of carbonyl (C=O) groups is 1. The van der Waals surface area contributed by atoms with Gasteiger partial charge in [-0.05, 0) is 43.7 Å². The maximum absolute atomic E-state index is 12.7. The van der Waals surface area contributed by atoms with Crippen molar-refractivity contribution in [1.29, 1.82) is 0 Å². The Morgan fingerprint density at radius 1 is 1.35 bits per heavy atom. The highest BCUT2D eigenvalue weighted by atomic mass is 16.5. The molecule has 1 aromatic heterocycles. The lowest BCUT2D eigenvalue weighted by Gasteiger charge is -2.22. The molecule has 6 nitrogen and oxygen atoms in total. The molecular weight excluding hydrogens is 294 g/mol. The minimum absolute atomic E-state index is 0.0119. The van der Waals surface area contributed by atoms with Gasteiger partial charge in [-0.25, -0.2) is 4.68 Å². The Bertz CT molecular complexity index is 681. The second kappa shape index (κ2) is 6.52. The van der Waals surface area contributed by atoms with E-state index < -0.39 is 0 Å². The number of hydrogen-bond acceptors (Lipinski definition) is 4. The molecule has 1 fully saturated rings. The zero-order valence-corrected chi connectivity index (χ0v) is 13.3. The standard InChI is InChI=1S/C17H21N3O3/c1-12-7-8-18-20(12)14-5-3-13(4-6-14)17(22)19-10-16(23-2)9-15(19)11-21/h3-8,15-16,21H,9-11H2,1-2H3/t15-,16+/m0/s1. The predicted molar refractivity (Wildman–Crippen MR) is 85.6 cm³/mol. The topological polar surface area (TPSA) is 67.6 Å².